The van der Waals surface area contributed by atoms with Gasteiger partial charge in [-0.3, -0.25) is 0 Å². The summed E-state index contributed by atoms with van der Waals surface area (Å²) in [5.74, 6) is 1.41. The fourth-order valence-electron chi connectivity index (χ4n) is 3.09. The average molecular weight is 305 g/mol. The highest BCUT2D eigenvalue weighted by Crippen LogP contribution is 2.35. The maximum Gasteiger partial charge on any atom is 0.223 e. The van der Waals surface area contributed by atoms with Crippen LogP contribution in [0.4, 0.5) is 11.8 Å². The van der Waals surface area contributed by atoms with Crippen LogP contribution in [0.5, 0.6) is 0 Å². The van der Waals surface area contributed by atoms with Crippen LogP contribution in [0.15, 0.2) is 6.07 Å². The van der Waals surface area contributed by atoms with Crippen LogP contribution in [0.2, 0.25) is 0 Å². The van der Waals surface area contributed by atoms with Gasteiger partial charge >= 0.3 is 0 Å². The number of thiophene rings is 1. The van der Waals surface area contributed by atoms with E-state index in [0.29, 0.717) is 12.0 Å². The van der Waals surface area contributed by atoms with Gasteiger partial charge in [-0.25, -0.2) is 4.98 Å². The van der Waals surface area contributed by atoms with Gasteiger partial charge in [-0.2, -0.15) is 4.98 Å². The molecule has 3 heterocycles. The number of rotatable bonds is 4. The molecule has 2 N–H and O–H groups in total. The number of aromatic nitrogens is 2. The molecule has 0 aliphatic carbocycles. The molecule has 0 saturated carbocycles. The van der Waals surface area contributed by atoms with E-state index in [2.05, 4.69) is 46.9 Å². The van der Waals surface area contributed by atoms with Crippen LogP contribution in [0.1, 0.15) is 24.6 Å². The third kappa shape index (κ3) is 2.82. The predicted molar refractivity (Wildman–Crippen MR) is 90.1 cm³/mol. The summed E-state index contributed by atoms with van der Waals surface area (Å²) < 4.78 is 0. The van der Waals surface area contributed by atoms with E-state index >= 15 is 0 Å². The molecular formula is C15H23N5S. The van der Waals surface area contributed by atoms with Gasteiger partial charge in [0.25, 0.3) is 0 Å². The summed E-state index contributed by atoms with van der Waals surface area (Å²) in [4.78, 5) is 16.0. The van der Waals surface area contributed by atoms with Crippen LogP contribution in [0.3, 0.4) is 0 Å². The Balaban J connectivity index is 2.04. The number of aryl methyl sites for hydroxylation is 1. The first kappa shape index (κ1) is 14.5. The third-order valence-electron chi connectivity index (χ3n) is 4.01. The topological polar surface area (TPSA) is 58.3 Å². The van der Waals surface area contributed by atoms with Gasteiger partial charge in [-0.05, 0) is 39.4 Å². The highest BCUT2D eigenvalue weighted by Gasteiger charge is 2.28. The summed E-state index contributed by atoms with van der Waals surface area (Å²) in [6.07, 6.45) is 3.46. The Kier molecular flexibility index (Phi) is 3.99. The Hall–Kier alpha value is -1.40. The van der Waals surface area contributed by atoms with Crippen molar-refractivity contribution in [3.8, 4) is 0 Å². The van der Waals surface area contributed by atoms with Crippen LogP contribution in [-0.4, -0.2) is 48.1 Å². The van der Waals surface area contributed by atoms with E-state index in [9.17, 15) is 0 Å². The van der Waals surface area contributed by atoms with E-state index in [0.717, 1.165) is 35.5 Å². The van der Waals surface area contributed by atoms with Crippen LogP contribution in [-0.2, 0) is 6.42 Å². The normalized spacial score (nSPS) is 19.0. The van der Waals surface area contributed by atoms with Crippen molar-refractivity contribution in [3.63, 3.8) is 0 Å². The number of hydrogen-bond acceptors (Lipinski definition) is 6. The van der Waals surface area contributed by atoms with Crippen molar-refractivity contribution in [2.45, 2.75) is 32.2 Å². The number of nitrogens with two attached hydrogens (primary N) is 1. The lowest BCUT2D eigenvalue weighted by Crippen LogP contribution is -2.38. The molecule has 0 bridgehead atoms. The maximum absolute atomic E-state index is 5.94. The SMILES string of the molecule is CCc1cc2c(N3CCCC3CN(C)C)nc(N)nc2s1. The van der Waals surface area contributed by atoms with E-state index in [4.69, 9.17) is 5.73 Å². The van der Waals surface area contributed by atoms with Crippen molar-refractivity contribution in [1.29, 1.82) is 0 Å². The van der Waals surface area contributed by atoms with E-state index in [-0.39, 0.29) is 0 Å². The van der Waals surface area contributed by atoms with Crippen molar-refractivity contribution >= 4 is 33.3 Å². The fourth-order valence-corrected chi connectivity index (χ4v) is 4.06. The first-order valence-corrected chi connectivity index (χ1v) is 8.37. The van der Waals surface area contributed by atoms with Crippen LogP contribution in [0.25, 0.3) is 10.2 Å². The van der Waals surface area contributed by atoms with Crippen LogP contribution < -0.4 is 10.6 Å². The van der Waals surface area contributed by atoms with Crippen molar-refractivity contribution in [2.24, 2.45) is 0 Å². The molecule has 3 rings (SSSR count). The number of anilines is 2. The van der Waals surface area contributed by atoms with Gasteiger partial charge in [0.2, 0.25) is 5.95 Å². The lowest BCUT2D eigenvalue weighted by molar-refractivity contribution is 0.372. The van der Waals surface area contributed by atoms with Crippen molar-refractivity contribution in [1.82, 2.24) is 14.9 Å². The molecule has 0 aromatic carbocycles. The van der Waals surface area contributed by atoms with Crippen molar-refractivity contribution in [3.05, 3.63) is 10.9 Å². The van der Waals surface area contributed by atoms with Crippen molar-refractivity contribution in [2.75, 3.05) is 37.8 Å². The molecule has 6 heteroatoms. The standard InChI is InChI=1S/C15H23N5S/c1-4-11-8-12-13(17-15(16)18-14(12)21-11)20-7-5-6-10(20)9-19(2)3/h8,10H,4-7,9H2,1-3H3,(H2,16,17,18). The molecule has 114 valence electrons. The number of nitrogen functional groups attached to an aromatic ring is 1. The molecule has 2 aromatic heterocycles. The van der Waals surface area contributed by atoms with Gasteiger partial charge in [-0.1, -0.05) is 6.92 Å². The van der Waals surface area contributed by atoms with Gasteiger partial charge in [0.05, 0.1) is 5.39 Å². The Morgan fingerprint density at radius 3 is 2.95 bits per heavy atom. The quantitative estimate of drug-likeness (QED) is 0.940. The molecule has 1 atom stereocenters. The smallest absolute Gasteiger partial charge is 0.223 e. The lowest BCUT2D eigenvalue weighted by atomic mass is 10.2. The van der Waals surface area contributed by atoms with E-state index in [1.165, 1.54) is 17.7 Å². The maximum atomic E-state index is 5.94. The van der Waals surface area contributed by atoms with Gasteiger partial charge in [0, 0.05) is 24.0 Å². The molecule has 21 heavy (non-hydrogen) atoms. The summed E-state index contributed by atoms with van der Waals surface area (Å²) in [6.45, 7) is 4.28. The van der Waals surface area contributed by atoms with Gasteiger partial charge < -0.3 is 15.5 Å². The van der Waals surface area contributed by atoms with Crippen LogP contribution in [0, 0.1) is 0 Å². The summed E-state index contributed by atoms with van der Waals surface area (Å²) in [7, 11) is 4.25. The minimum absolute atomic E-state index is 0.387. The molecule has 1 fully saturated rings. The third-order valence-corrected chi connectivity index (χ3v) is 5.19. The molecule has 2 aromatic rings. The highest BCUT2D eigenvalue weighted by molar-refractivity contribution is 7.18. The highest BCUT2D eigenvalue weighted by atomic mass is 32.1. The Morgan fingerprint density at radius 2 is 2.24 bits per heavy atom. The van der Waals surface area contributed by atoms with E-state index in [1.807, 2.05) is 0 Å². The molecule has 1 aliphatic rings. The minimum atomic E-state index is 0.387. The van der Waals surface area contributed by atoms with Crippen molar-refractivity contribution < 1.29 is 0 Å². The molecule has 0 radical (unpaired) electrons. The molecule has 1 saturated heterocycles. The summed E-state index contributed by atoms with van der Waals surface area (Å²) in [5, 5.41) is 1.16. The van der Waals surface area contributed by atoms with Gasteiger partial charge in [0.15, 0.2) is 0 Å². The molecule has 0 spiro atoms. The van der Waals surface area contributed by atoms with E-state index in [1.54, 1.807) is 11.3 Å². The largest absolute Gasteiger partial charge is 0.368 e. The lowest BCUT2D eigenvalue weighted by Gasteiger charge is -2.28. The molecular weight excluding hydrogens is 282 g/mol. The number of likely N-dealkylation sites (N-methyl/N-ethyl adjacent to an activating group) is 1. The first-order chi connectivity index (χ1) is 10.1. The number of fused-ring (bicyclic) bond motifs is 1. The molecule has 5 nitrogen and oxygen atoms in total. The number of hydrogen-bond donors (Lipinski definition) is 1. The average Bonchev–Trinajstić information content (AvgIpc) is 3.03. The second-order valence-corrected chi connectivity index (χ2v) is 7.06. The second-order valence-electron chi connectivity index (χ2n) is 5.94. The summed E-state index contributed by atoms with van der Waals surface area (Å²) in [5.41, 5.74) is 5.94. The zero-order valence-corrected chi connectivity index (χ0v) is 13.8. The predicted octanol–water partition coefficient (Wildman–Crippen LogP) is 2.37. The zero-order chi connectivity index (χ0) is 15.0. The summed E-state index contributed by atoms with van der Waals surface area (Å²) >= 11 is 1.73. The Labute approximate surface area is 129 Å². The second kappa shape index (κ2) is 5.77. The van der Waals surface area contributed by atoms with Gasteiger partial charge in [0.1, 0.15) is 10.6 Å². The molecule has 0 amide bonds. The molecule has 1 aliphatic heterocycles. The minimum Gasteiger partial charge on any atom is -0.368 e. The van der Waals surface area contributed by atoms with Crippen LogP contribution >= 0.6 is 11.3 Å². The monoisotopic (exact) mass is 305 g/mol. The molecule has 1 unspecified atom stereocenters. The zero-order valence-electron chi connectivity index (χ0n) is 13.0. The van der Waals surface area contributed by atoms with Gasteiger partial charge in [-0.15, -0.1) is 11.3 Å². The Bertz CT molecular complexity index is 636. The summed E-state index contributed by atoms with van der Waals surface area (Å²) in [6, 6.07) is 2.75. The Morgan fingerprint density at radius 1 is 1.43 bits per heavy atom. The fraction of sp³-hybridized carbons (Fsp3) is 0.600. The first-order valence-electron chi connectivity index (χ1n) is 7.55. The number of nitrogens with zero attached hydrogens (tertiary/aromatic N) is 4. The van der Waals surface area contributed by atoms with E-state index < -0.39 is 0 Å².